The van der Waals surface area contributed by atoms with Gasteiger partial charge in [-0.2, -0.15) is 0 Å². The Morgan fingerprint density at radius 3 is 2.88 bits per heavy atom. The Hall–Kier alpha value is -2.01. The van der Waals surface area contributed by atoms with Crippen LogP contribution in [0.5, 0.6) is 0 Å². The average Bonchev–Trinajstić information content (AvgIpc) is 2.81. The molecule has 0 aliphatic carbocycles. The third-order valence-corrected chi connectivity index (χ3v) is 3.47. The van der Waals surface area contributed by atoms with Gasteiger partial charge in [-0.15, -0.1) is 0 Å². The number of imidazole rings is 1. The van der Waals surface area contributed by atoms with Crippen molar-refractivity contribution in [1.82, 2.24) is 14.4 Å². The predicted molar refractivity (Wildman–Crippen MR) is 68.0 cm³/mol. The lowest BCUT2D eigenvalue weighted by molar-refractivity contribution is 1.02. The van der Waals surface area contributed by atoms with Crippen LogP contribution in [0.2, 0.25) is 0 Å². The Labute approximate surface area is 103 Å². The second-order valence-electron chi connectivity index (χ2n) is 3.52. The minimum absolute atomic E-state index is 0.689. The van der Waals surface area contributed by atoms with E-state index in [1.165, 1.54) is 11.8 Å². The highest BCUT2D eigenvalue weighted by atomic mass is 32.2. The summed E-state index contributed by atoms with van der Waals surface area (Å²) >= 11 is 1.54. The minimum atomic E-state index is 0.689. The van der Waals surface area contributed by atoms with Crippen LogP contribution in [-0.2, 0) is 0 Å². The van der Waals surface area contributed by atoms with Gasteiger partial charge in [-0.05, 0) is 36.0 Å². The first-order valence-corrected chi connectivity index (χ1v) is 5.97. The van der Waals surface area contributed by atoms with E-state index < -0.39 is 0 Å². The molecular formula is C12H10N4S. The quantitative estimate of drug-likeness (QED) is 0.750. The van der Waals surface area contributed by atoms with Gasteiger partial charge in [0, 0.05) is 18.6 Å². The zero-order valence-electron chi connectivity index (χ0n) is 8.95. The Morgan fingerprint density at radius 2 is 2.00 bits per heavy atom. The van der Waals surface area contributed by atoms with Crippen LogP contribution in [0.3, 0.4) is 0 Å². The topological polar surface area (TPSA) is 56.2 Å². The lowest BCUT2D eigenvalue weighted by Gasteiger charge is -2.05. The molecule has 0 unspecified atom stereocenters. The molecule has 84 valence electrons. The van der Waals surface area contributed by atoms with E-state index >= 15 is 0 Å². The standard InChI is InChI=1S/C12H10N4S/c13-9-3-2-6-15-12(9)17-11-5-1-4-10-14-7-8-16(10)11/h1-8H,13H2. The van der Waals surface area contributed by atoms with Crippen molar-refractivity contribution in [2.24, 2.45) is 0 Å². The molecule has 3 aromatic heterocycles. The van der Waals surface area contributed by atoms with Crippen molar-refractivity contribution in [2.75, 3.05) is 5.73 Å². The first-order valence-electron chi connectivity index (χ1n) is 5.15. The lowest BCUT2D eigenvalue weighted by atomic mass is 10.4. The zero-order valence-corrected chi connectivity index (χ0v) is 9.76. The summed E-state index contributed by atoms with van der Waals surface area (Å²) in [5.41, 5.74) is 7.49. The molecule has 17 heavy (non-hydrogen) atoms. The van der Waals surface area contributed by atoms with E-state index in [9.17, 15) is 0 Å². The first-order chi connectivity index (χ1) is 8.34. The van der Waals surface area contributed by atoms with Crippen molar-refractivity contribution in [1.29, 1.82) is 0 Å². The van der Waals surface area contributed by atoms with Gasteiger partial charge in [-0.25, -0.2) is 9.97 Å². The average molecular weight is 242 g/mol. The number of anilines is 1. The molecule has 0 radical (unpaired) electrons. The van der Waals surface area contributed by atoms with Gasteiger partial charge < -0.3 is 5.73 Å². The molecule has 0 atom stereocenters. The SMILES string of the molecule is Nc1cccnc1Sc1cccc2nccn12. The number of rotatable bonds is 2. The largest absolute Gasteiger partial charge is 0.397 e. The van der Waals surface area contributed by atoms with E-state index in [0.29, 0.717) is 5.69 Å². The summed E-state index contributed by atoms with van der Waals surface area (Å²) in [5.74, 6) is 0. The van der Waals surface area contributed by atoms with Crippen molar-refractivity contribution in [3.8, 4) is 0 Å². The lowest BCUT2D eigenvalue weighted by Crippen LogP contribution is -1.93. The van der Waals surface area contributed by atoms with E-state index in [-0.39, 0.29) is 0 Å². The monoisotopic (exact) mass is 242 g/mol. The molecule has 2 N–H and O–H groups in total. The molecule has 0 aliphatic heterocycles. The second kappa shape index (κ2) is 4.10. The first kappa shape index (κ1) is 10.2. The molecule has 0 aromatic carbocycles. The number of fused-ring (bicyclic) bond motifs is 1. The van der Waals surface area contributed by atoms with Crippen LogP contribution in [0, 0.1) is 0 Å². The summed E-state index contributed by atoms with van der Waals surface area (Å²) in [4.78, 5) is 8.51. The number of nitrogens with zero attached hydrogens (tertiary/aromatic N) is 3. The third kappa shape index (κ3) is 1.85. The van der Waals surface area contributed by atoms with Crippen molar-refractivity contribution in [2.45, 2.75) is 10.1 Å². The molecule has 5 heteroatoms. The van der Waals surface area contributed by atoms with Gasteiger partial charge in [-0.1, -0.05) is 6.07 Å². The van der Waals surface area contributed by atoms with Crippen LogP contribution in [-0.4, -0.2) is 14.4 Å². The van der Waals surface area contributed by atoms with Crippen LogP contribution >= 0.6 is 11.8 Å². The van der Waals surface area contributed by atoms with Crippen LogP contribution in [0.25, 0.3) is 5.65 Å². The van der Waals surface area contributed by atoms with E-state index in [1.807, 2.05) is 40.9 Å². The van der Waals surface area contributed by atoms with Gasteiger partial charge in [0.15, 0.2) is 0 Å². The summed E-state index contributed by atoms with van der Waals surface area (Å²) in [6, 6.07) is 9.64. The normalized spacial score (nSPS) is 10.8. The van der Waals surface area contributed by atoms with E-state index in [0.717, 1.165) is 15.7 Å². The zero-order chi connectivity index (χ0) is 11.7. The molecule has 0 spiro atoms. The molecule has 3 aromatic rings. The second-order valence-corrected chi connectivity index (χ2v) is 4.53. The van der Waals surface area contributed by atoms with Crippen LogP contribution in [0.1, 0.15) is 0 Å². The highest BCUT2D eigenvalue weighted by Gasteiger charge is 2.06. The van der Waals surface area contributed by atoms with Crippen LogP contribution < -0.4 is 5.73 Å². The maximum absolute atomic E-state index is 5.88. The summed E-state index contributed by atoms with van der Waals surface area (Å²) in [7, 11) is 0. The molecular weight excluding hydrogens is 232 g/mol. The number of nitrogen functional groups attached to an aromatic ring is 1. The van der Waals surface area contributed by atoms with E-state index in [2.05, 4.69) is 9.97 Å². The maximum Gasteiger partial charge on any atom is 0.137 e. The third-order valence-electron chi connectivity index (χ3n) is 2.39. The number of hydrogen-bond acceptors (Lipinski definition) is 4. The van der Waals surface area contributed by atoms with E-state index in [1.54, 1.807) is 12.4 Å². The molecule has 0 bridgehead atoms. The Balaban J connectivity index is 2.06. The van der Waals surface area contributed by atoms with Gasteiger partial charge in [0.1, 0.15) is 10.7 Å². The van der Waals surface area contributed by atoms with Crippen LogP contribution in [0.4, 0.5) is 5.69 Å². The fourth-order valence-corrected chi connectivity index (χ4v) is 2.49. The summed E-state index contributed by atoms with van der Waals surface area (Å²) in [6.45, 7) is 0. The molecule has 0 saturated carbocycles. The van der Waals surface area contributed by atoms with Crippen LogP contribution in [0.15, 0.2) is 59.0 Å². The molecule has 3 heterocycles. The minimum Gasteiger partial charge on any atom is -0.397 e. The highest BCUT2D eigenvalue weighted by molar-refractivity contribution is 7.99. The summed E-state index contributed by atoms with van der Waals surface area (Å²) < 4.78 is 2.01. The Kier molecular flexibility index (Phi) is 2.45. The number of pyridine rings is 2. The molecule has 0 fully saturated rings. The van der Waals surface area contributed by atoms with Crippen molar-refractivity contribution < 1.29 is 0 Å². The fraction of sp³-hybridized carbons (Fsp3) is 0. The maximum atomic E-state index is 5.88. The van der Waals surface area contributed by atoms with E-state index in [4.69, 9.17) is 5.73 Å². The fourth-order valence-electron chi connectivity index (χ4n) is 1.59. The smallest absolute Gasteiger partial charge is 0.137 e. The van der Waals surface area contributed by atoms with Crippen molar-refractivity contribution in [3.05, 3.63) is 48.9 Å². The summed E-state index contributed by atoms with van der Waals surface area (Å²) in [5, 5.41) is 1.86. The van der Waals surface area contributed by atoms with Gasteiger partial charge in [0.25, 0.3) is 0 Å². The predicted octanol–water partition coefficient (Wildman–Crippen LogP) is 2.46. The number of nitrogens with two attached hydrogens (primary N) is 1. The highest BCUT2D eigenvalue weighted by Crippen LogP contribution is 2.29. The molecule has 0 aliphatic rings. The molecule has 4 nitrogen and oxygen atoms in total. The Bertz CT molecular complexity index is 662. The number of aromatic nitrogens is 3. The molecule has 0 saturated heterocycles. The van der Waals surface area contributed by atoms with Gasteiger partial charge in [0.05, 0.1) is 10.7 Å². The van der Waals surface area contributed by atoms with Crippen molar-refractivity contribution >= 4 is 23.1 Å². The Morgan fingerprint density at radius 1 is 1.06 bits per heavy atom. The molecule has 3 rings (SSSR count). The van der Waals surface area contributed by atoms with Gasteiger partial charge in [-0.3, -0.25) is 4.40 Å². The van der Waals surface area contributed by atoms with Gasteiger partial charge >= 0.3 is 0 Å². The summed E-state index contributed by atoms with van der Waals surface area (Å²) in [6.07, 6.45) is 5.45. The molecule has 0 amide bonds. The number of hydrogen-bond donors (Lipinski definition) is 1. The van der Waals surface area contributed by atoms with Gasteiger partial charge in [0.2, 0.25) is 0 Å². The van der Waals surface area contributed by atoms with Crippen molar-refractivity contribution in [3.63, 3.8) is 0 Å².